The molecule has 0 heterocycles. The molecule has 0 fully saturated rings. The Morgan fingerprint density at radius 3 is 2.18 bits per heavy atom. The fourth-order valence-corrected chi connectivity index (χ4v) is 5.05. The van der Waals surface area contributed by atoms with E-state index < -0.39 is 10.0 Å². The lowest BCUT2D eigenvalue weighted by atomic mass is 10.1. The van der Waals surface area contributed by atoms with Gasteiger partial charge in [-0.15, -0.1) is 0 Å². The SMILES string of the molecule is COc1ccc(CCNC(=O)c2ccc(C)c(S(=O)(=O)Nc3cc(C)cc(C)c3)c2)cc1OC. The summed E-state index contributed by atoms with van der Waals surface area (Å²) in [5.41, 5.74) is 4.20. The maximum atomic E-state index is 13.1. The van der Waals surface area contributed by atoms with Crippen molar-refractivity contribution in [1.29, 1.82) is 0 Å². The standard InChI is InChI=1S/C26H30N2O5S/c1-17-12-18(2)14-22(13-17)28-34(30,31)25-16-21(8-6-19(25)3)26(29)27-11-10-20-7-9-23(32-4)24(15-20)33-5/h6-9,12-16,28H,10-11H2,1-5H3,(H,27,29). The van der Waals surface area contributed by atoms with Crippen LogP contribution >= 0.6 is 0 Å². The molecule has 0 saturated heterocycles. The van der Waals surface area contributed by atoms with Gasteiger partial charge in [-0.3, -0.25) is 9.52 Å². The highest BCUT2D eigenvalue weighted by Crippen LogP contribution is 2.27. The van der Waals surface area contributed by atoms with E-state index in [2.05, 4.69) is 10.0 Å². The molecule has 0 saturated carbocycles. The molecule has 3 aromatic carbocycles. The molecule has 34 heavy (non-hydrogen) atoms. The van der Waals surface area contributed by atoms with Crippen LogP contribution in [0.1, 0.15) is 32.6 Å². The van der Waals surface area contributed by atoms with Crippen LogP contribution in [0.15, 0.2) is 59.5 Å². The van der Waals surface area contributed by atoms with E-state index in [0.717, 1.165) is 16.7 Å². The summed E-state index contributed by atoms with van der Waals surface area (Å²) in [6.45, 7) is 5.89. The Morgan fingerprint density at radius 1 is 0.853 bits per heavy atom. The van der Waals surface area contributed by atoms with Gasteiger partial charge in [0.05, 0.1) is 19.1 Å². The van der Waals surface area contributed by atoms with Crippen LogP contribution in [-0.2, 0) is 16.4 Å². The van der Waals surface area contributed by atoms with Crippen molar-refractivity contribution < 1.29 is 22.7 Å². The zero-order valence-corrected chi connectivity index (χ0v) is 20.9. The Labute approximate surface area is 201 Å². The van der Waals surface area contributed by atoms with Crippen LogP contribution in [0.5, 0.6) is 11.5 Å². The number of methoxy groups -OCH3 is 2. The van der Waals surface area contributed by atoms with E-state index in [1.165, 1.54) is 6.07 Å². The molecule has 0 bridgehead atoms. The number of amides is 1. The van der Waals surface area contributed by atoms with Crippen molar-refractivity contribution in [3.05, 3.63) is 82.4 Å². The summed E-state index contributed by atoms with van der Waals surface area (Å²) in [4.78, 5) is 12.8. The van der Waals surface area contributed by atoms with Gasteiger partial charge in [-0.05, 0) is 85.8 Å². The van der Waals surface area contributed by atoms with Gasteiger partial charge in [-0.1, -0.05) is 18.2 Å². The summed E-state index contributed by atoms with van der Waals surface area (Å²) in [6.07, 6.45) is 0.581. The Balaban J connectivity index is 1.71. The molecule has 3 rings (SSSR count). The highest BCUT2D eigenvalue weighted by Gasteiger charge is 2.20. The molecular weight excluding hydrogens is 452 g/mol. The molecule has 0 aliphatic heterocycles. The number of nitrogens with one attached hydrogen (secondary N) is 2. The molecule has 0 radical (unpaired) electrons. The molecule has 7 nitrogen and oxygen atoms in total. The zero-order chi connectivity index (χ0) is 24.9. The minimum absolute atomic E-state index is 0.0687. The first-order valence-corrected chi connectivity index (χ1v) is 12.3. The largest absolute Gasteiger partial charge is 0.493 e. The average molecular weight is 483 g/mol. The number of anilines is 1. The lowest BCUT2D eigenvalue weighted by Crippen LogP contribution is -2.26. The molecule has 2 N–H and O–H groups in total. The first-order valence-electron chi connectivity index (χ1n) is 10.8. The second kappa shape index (κ2) is 10.6. The summed E-state index contributed by atoms with van der Waals surface area (Å²) in [6, 6.07) is 15.8. The van der Waals surface area contributed by atoms with Crippen LogP contribution in [0.4, 0.5) is 5.69 Å². The Morgan fingerprint density at radius 2 is 1.53 bits per heavy atom. The van der Waals surface area contributed by atoms with E-state index in [1.54, 1.807) is 45.4 Å². The Bertz CT molecular complexity index is 1280. The topological polar surface area (TPSA) is 93.7 Å². The smallest absolute Gasteiger partial charge is 0.262 e. The third-order valence-electron chi connectivity index (χ3n) is 5.36. The molecular formula is C26H30N2O5S. The average Bonchev–Trinajstić information content (AvgIpc) is 2.78. The van der Waals surface area contributed by atoms with Crippen LogP contribution in [0, 0.1) is 20.8 Å². The van der Waals surface area contributed by atoms with Crippen LogP contribution in [0.3, 0.4) is 0 Å². The lowest BCUT2D eigenvalue weighted by molar-refractivity contribution is 0.0954. The van der Waals surface area contributed by atoms with Gasteiger partial charge < -0.3 is 14.8 Å². The van der Waals surface area contributed by atoms with E-state index in [9.17, 15) is 13.2 Å². The second-order valence-electron chi connectivity index (χ2n) is 8.16. The molecule has 3 aromatic rings. The number of hydrogen-bond acceptors (Lipinski definition) is 5. The van der Waals surface area contributed by atoms with E-state index in [4.69, 9.17) is 9.47 Å². The van der Waals surface area contributed by atoms with E-state index in [1.807, 2.05) is 38.1 Å². The van der Waals surface area contributed by atoms with E-state index >= 15 is 0 Å². The number of hydrogen-bond donors (Lipinski definition) is 2. The first kappa shape index (κ1) is 25.1. The van der Waals surface area contributed by atoms with Gasteiger partial charge in [0.25, 0.3) is 15.9 Å². The van der Waals surface area contributed by atoms with Gasteiger partial charge >= 0.3 is 0 Å². The minimum Gasteiger partial charge on any atom is -0.493 e. The predicted molar refractivity (Wildman–Crippen MR) is 133 cm³/mol. The zero-order valence-electron chi connectivity index (χ0n) is 20.1. The van der Waals surface area contributed by atoms with E-state index in [0.29, 0.717) is 35.7 Å². The van der Waals surface area contributed by atoms with Crippen molar-refractivity contribution in [3.63, 3.8) is 0 Å². The Kier molecular flexibility index (Phi) is 7.83. The summed E-state index contributed by atoms with van der Waals surface area (Å²) >= 11 is 0. The molecule has 0 aliphatic rings. The number of aryl methyl sites for hydroxylation is 3. The summed E-state index contributed by atoms with van der Waals surface area (Å²) in [5.74, 6) is 0.914. The summed E-state index contributed by atoms with van der Waals surface area (Å²) in [7, 11) is -0.722. The van der Waals surface area contributed by atoms with Crippen LogP contribution in [0.25, 0.3) is 0 Å². The van der Waals surface area contributed by atoms with Gasteiger partial charge in [0, 0.05) is 17.8 Å². The van der Waals surface area contributed by atoms with Gasteiger partial charge in [-0.2, -0.15) is 0 Å². The normalized spacial score (nSPS) is 11.1. The number of carbonyl (C=O) groups excluding carboxylic acids is 1. The van der Waals surface area contributed by atoms with Crippen molar-refractivity contribution in [1.82, 2.24) is 5.32 Å². The highest BCUT2D eigenvalue weighted by atomic mass is 32.2. The number of benzene rings is 3. The summed E-state index contributed by atoms with van der Waals surface area (Å²) in [5, 5.41) is 2.85. The molecule has 0 spiro atoms. The van der Waals surface area contributed by atoms with Gasteiger partial charge in [0.1, 0.15) is 0 Å². The summed E-state index contributed by atoms with van der Waals surface area (Å²) < 4.78 is 39.3. The lowest BCUT2D eigenvalue weighted by Gasteiger charge is -2.13. The molecule has 1 amide bonds. The van der Waals surface area contributed by atoms with Crippen LogP contribution < -0.4 is 19.5 Å². The molecule has 180 valence electrons. The molecule has 0 aromatic heterocycles. The molecule has 0 unspecified atom stereocenters. The molecule has 0 aliphatic carbocycles. The Hall–Kier alpha value is -3.52. The predicted octanol–water partition coefficient (Wildman–Crippen LogP) is 4.40. The van der Waals surface area contributed by atoms with Crippen LogP contribution in [0.2, 0.25) is 0 Å². The number of rotatable bonds is 9. The number of sulfonamides is 1. The minimum atomic E-state index is -3.87. The van der Waals surface area contributed by atoms with Gasteiger partial charge in [0.2, 0.25) is 0 Å². The quantitative estimate of drug-likeness (QED) is 0.471. The van der Waals surface area contributed by atoms with Crippen molar-refractivity contribution in [3.8, 4) is 11.5 Å². The number of carbonyl (C=O) groups is 1. The maximum Gasteiger partial charge on any atom is 0.262 e. The third-order valence-corrected chi connectivity index (χ3v) is 6.88. The van der Waals surface area contributed by atoms with Gasteiger partial charge in [0.15, 0.2) is 11.5 Å². The maximum absolute atomic E-state index is 13.1. The fourth-order valence-electron chi connectivity index (χ4n) is 3.73. The third kappa shape index (κ3) is 6.08. The van der Waals surface area contributed by atoms with Crippen molar-refractivity contribution in [2.75, 3.05) is 25.5 Å². The monoisotopic (exact) mass is 482 g/mol. The van der Waals surface area contributed by atoms with Crippen molar-refractivity contribution in [2.24, 2.45) is 0 Å². The van der Waals surface area contributed by atoms with E-state index in [-0.39, 0.29) is 16.4 Å². The second-order valence-corrected chi connectivity index (χ2v) is 9.81. The molecule has 0 atom stereocenters. The van der Waals surface area contributed by atoms with Crippen molar-refractivity contribution in [2.45, 2.75) is 32.1 Å². The molecule has 8 heteroatoms. The number of ether oxygens (including phenoxy) is 2. The van der Waals surface area contributed by atoms with Crippen molar-refractivity contribution >= 4 is 21.6 Å². The highest BCUT2D eigenvalue weighted by molar-refractivity contribution is 7.92. The fraction of sp³-hybridized carbons (Fsp3) is 0.269. The first-order chi connectivity index (χ1) is 16.1. The van der Waals surface area contributed by atoms with Crippen LogP contribution in [-0.4, -0.2) is 35.1 Å². The van der Waals surface area contributed by atoms with Gasteiger partial charge in [-0.25, -0.2) is 8.42 Å².